The Hall–Kier alpha value is -1.49. The van der Waals surface area contributed by atoms with Gasteiger partial charge in [0.1, 0.15) is 0 Å². The molecular weight excluding hydrogens is 224 g/mol. The van der Waals surface area contributed by atoms with Crippen molar-refractivity contribution in [1.82, 2.24) is 10.6 Å². The molecule has 0 aliphatic rings. The van der Waals surface area contributed by atoms with Crippen molar-refractivity contribution in [3.63, 3.8) is 0 Å². The SMILES string of the molecule is CCNC(=S)NCCc1ccc(O)c(O)c1. The molecule has 1 aromatic rings. The number of phenols is 2. The summed E-state index contributed by atoms with van der Waals surface area (Å²) in [5.41, 5.74) is 0.946. The molecule has 0 bridgehead atoms. The lowest BCUT2D eigenvalue weighted by molar-refractivity contribution is 0.403. The van der Waals surface area contributed by atoms with Crippen LogP contribution in [0.2, 0.25) is 0 Å². The molecule has 0 atom stereocenters. The first-order chi connectivity index (χ1) is 7.63. The molecule has 0 aliphatic heterocycles. The van der Waals surface area contributed by atoms with Crippen molar-refractivity contribution in [3.8, 4) is 11.5 Å². The molecule has 5 heteroatoms. The number of thiocarbonyl (C=S) groups is 1. The maximum Gasteiger partial charge on any atom is 0.166 e. The van der Waals surface area contributed by atoms with Crippen molar-refractivity contribution in [1.29, 1.82) is 0 Å². The Morgan fingerprint density at radius 3 is 2.62 bits per heavy atom. The Morgan fingerprint density at radius 1 is 1.25 bits per heavy atom. The molecule has 0 unspecified atom stereocenters. The van der Waals surface area contributed by atoms with Crippen molar-refractivity contribution in [2.45, 2.75) is 13.3 Å². The van der Waals surface area contributed by atoms with Gasteiger partial charge in [-0.2, -0.15) is 0 Å². The van der Waals surface area contributed by atoms with Crippen LogP contribution in [-0.4, -0.2) is 28.4 Å². The number of benzene rings is 1. The Bertz CT molecular complexity index is 369. The van der Waals surface area contributed by atoms with Gasteiger partial charge >= 0.3 is 0 Å². The third kappa shape index (κ3) is 3.94. The Balaban J connectivity index is 2.37. The normalized spacial score (nSPS) is 9.81. The van der Waals surface area contributed by atoms with Gasteiger partial charge in [-0.25, -0.2) is 0 Å². The van der Waals surface area contributed by atoms with Crippen LogP contribution in [0.25, 0.3) is 0 Å². The number of nitrogens with one attached hydrogen (secondary N) is 2. The monoisotopic (exact) mass is 240 g/mol. The molecule has 0 aliphatic carbocycles. The minimum absolute atomic E-state index is 0.0910. The third-order valence-electron chi connectivity index (χ3n) is 2.08. The maximum atomic E-state index is 9.28. The van der Waals surface area contributed by atoms with Gasteiger partial charge in [-0.15, -0.1) is 0 Å². The number of hydrogen-bond acceptors (Lipinski definition) is 3. The summed E-state index contributed by atoms with van der Waals surface area (Å²) < 4.78 is 0. The zero-order valence-corrected chi connectivity index (χ0v) is 9.97. The molecule has 0 saturated heterocycles. The van der Waals surface area contributed by atoms with Crippen LogP contribution in [0, 0.1) is 0 Å². The molecule has 0 saturated carbocycles. The van der Waals surface area contributed by atoms with Crippen molar-refractivity contribution in [2.24, 2.45) is 0 Å². The Morgan fingerprint density at radius 2 is 2.00 bits per heavy atom. The zero-order valence-electron chi connectivity index (χ0n) is 9.16. The Labute approximate surface area is 100 Å². The highest BCUT2D eigenvalue weighted by Crippen LogP contribution is 2.24. The fourth-order valence-electron chi connectivity index (χ4n) is 1.27. The average molecular weight is 240 g/mol. The van der Waals surface area contributed by atoms with E-state index in [0.29, 0.717) is 11.7 Å². The van der Waals surface area contributed by atoms with Crippen molar-refractivity contribution in [2.75, 3.05) is 13.1 Å². The van der Waals surface area contributed by atoms with Gasteiger partial charge in [-0.3, -0.25) is 0 Å². The quantitative estimate of drug-likeness (QED) is 0.469. The fourth-order valence-corrected chi connectivity index (χ4v) is 1.51. The predicted octanol–water partition coefficient (Wildman–Crippen LogP) is 1.12. The summed E-state index contributed by atoms with van der Waals surface area (Å²) in [6, 6.07) is 4.80. The van der Waals surface area contributed by atoms with Crippen LogP contribution >= 0.6 is 12.2 Å². The molecule has 4 N–H and O–H groups in total. The molecule has 4 nitrogen and oxygen atoms in total. The van der Waals surface area contributed by atoms with Crippen molar-refractivity contribution < 1.29 is 10.2 Å². The molecule has 16 heavy (non-hydrogen) atoms. The minimum Gasteiger partial charge on any atom is -0.504 e. The first-order valence-corrected chi connectivity index (χ1v) is 5.57. The molecule has 0 fully saturated rings. The molecule has 0 spiro atoms. The van der Waals surface area contributed by atoms with E-state index in [1.165, 1.54) is 6.07 Å². The van der Waals surface area contributed by atoms with Crippen LogP contribution < -0.4 is 10.6 Å². The van der Waals surface area contributed by atoms with Crippen LogP contribution in [0.3, 0.4) is 0 Å². The third-order valence-corrected chi connectivity index (χ3v) is 2.37. The van der Waals surface area contributed by atoms with E-state index in [2.05, 4.69) is 10.6 Å². The lowest BCUT2D eigenvalue weighted by Crippen LogP contribution is -2.36. The molecule has 0 radical (unpaired) electrons. The van der Waals surface area contributed by atoms with Gasteiger partial charge in [0.25, 0.3) is 0 Å². The van der Waals surface area contributed by atoms with Gasteiger partial charge in [-0.1, -0.05) is 6.07 Å². The summed E-state index contributed by atoms with van der Waals surface area (Å²) in [6.45, 7) is 3.47. The molecule has 0 heterocycles. The van der Waals surface area contributed by atoms with Crippen LogP contribution in [0.4, 0.5) is 0 Å². The second-order valence-corrected chi connectivity index (χ2v) is 3.77. The van der Waals surface area contributed by atoms with Gasteiger partial charge in [0, 0.05) is 13.1 Å². The number of aromatic hydroxyl groups is 2. The van der Waals surface area contributed by atoms with E-state index < -0.39 is 0 Å². The largest absolute Gasteiger partial charge is 0.504 e. The standard InChI is InChI=1S/C11H16N2O2S/c1-2-12-11(16)13-6-5-8-3-4-9(14)10(15)7-8/h3-4,7,14-15H,2,5-6H2,1H3,(H2,12,13,16). The van der Waals surface area contributed by atoms with Crippen molar-refractivity contribution >= 4 is 17.3 Å². The molecule has 1 aromatic carbocycles. The molecule has 1 rings (SSSR count). The topological polar surface area (TPSA) is 64.5 Å². The molecule has 88 valence electrons. The average Bonchev–Trinajstić information content (AvgIpc) is 2.24. The number of phenolic OH excluding ortho intramolecular Hbond substituents is 2. The van der Waals surface area contributed by atoms with Crippen molar-refractivity contribution in [3.05, 3.63) is 23.8 Å². The highest BCUT2D eigenvalue weighted by Gasteiger charge is 2.00. The van der Waals surface area contributed by atoms with Crippen LogP contribution in [0.15, 0.2) is 18.2 Å². The van der Waals surface area contributed by atoms with Crippen LogP contribution in [-0.2, 0) is 6.42 Å². The first kappa shape index (κ1) is 12.6. The second-order valence-electron chi connectivity index (χ2n) is 3.36. The van der Waals surface area contributed by atoms with Gasteiger partial charge < -0.3 is 20.8 Å². The van der Waals surface area contributed by atoms with E-state index in [9.17, 15) is 5.11 Å². The predicted molar refractivity (Wildman–Crippen MR) is 67.8 cm³/mol. The smallest absolute Gasteiger partial charge is 0.166 e. The van der Waals surface area contributed by atoms with Gasteiger partial charge in [-0.05, 0) is 43.3 Å². The van der Waals surface area contributed by atoms with Crippen LogP contribution in [0.1, 0.15) is 12.5 Å². The Kier molecular flexibility index (Phi) is 4.85. The maximum absolute atomic E-state index is 9.28. The summed E-state index contributed by atoms with van der Waals surface area (Å²) in [6.07, 6.45) is 0.735. The highest BCUT2D eigenvalue weighted by atomic mass is 32.1. The molecule has 0 amide bonds. The highest BCUT2D eigenvalue weighted by molar-refractivity contribution is 7.80. The molecular formula is C11H16N2O2S. The molecule has 0 aromatic heterocycles. The first-order valence-electron chi connectivity index (χ1n) is 5.16. The van der Waals surface area contributed by atoms with Gasteiger partial charge in [0.2, 0.25) is 0 Å². The van der Waals surface area contributed by atoms with E-state index in [0.717, 1.165) is 18.5 Å². The lowest BCUT2D eigenvalue weighted by Gasteiger charge is -2.08. The minimum atomic E-state index is -0.0973. The fraction of sp³-hybridized carbons (Fsp3) is 0.364. The lowest BCUT2D eigenvalue weighted by atomic mass is 10.1. The van der Waals surface area contributed by atoms with E-state index in [1.807, 2.05) is 6.92 Å². The summed E-state index contributed by atoms with van der Waals surface area (Å²) in [5.74, 6) is -0.188. The summed E-state index contributed by atoms with van der Waals surface area (Å²) in [4.78, 5) is 0. The van der Waals surface area contributed by atoms with E-state index in [-0.39, 0.29) is 11.5 Å². The number of hydrogen-bond donors (Lipinski definition) is 4. The number of rotatable bonds is 4. The summed E-state index contributed by atoms with van der Waals surface area (Å²) >= 11 is 5.00. The van der Waals surface area contributed by atoms with E-state index in [4.69, 9.17) is 17.3 Å². The second kappa shape index (κ2) is 6.17. The zero-order chi connectivity index (χ0) is 12.0. The summed E-state index contributed by atoms with van der Waals surface area (Å²) in [5, 5.41) is 25.1. The summed E-state index contributed by atoms with van der Waals surface area (Å²) in [7, 11) is 0. The van der Waals surface area contributed by atoms with E-state index in [1.54, 1.807) is 12.1 Å². The van der Waals surface area contributed by atoms with Gasteiger partial charge in [0.15, 0.2) is 16.6 Å². The van der Waals surface area contributed by atoms with Crippen LogP contribution in [0.5, 0.6) is 11.5 Å². The van der Waals surface area contributed by atoms with Gasteiger partial charge in [0.05, 0.1) is 0 Å². The van der Waals surface area contributed by atoms with E-state index >= 15 is 0 Å².